The number of hydrogen-bond acceptors (Lipinski definition) is 5. The molecule has 358 valence electrons. The third kappa shape index (κ3) is 7.96. The van der Waals surface area contributed by atoms with E-state index >= 15 is 0 Å². The largest absolute Gasteiger partial charge is 0.509 e. The fourth-order valence-corrected chi connectivity index (χ4v) is 10.3. The number of para-hydroxylation sites is 3. The summed E-state index contributed by atoms with van der Waals surface area (Å²) in [4.78, 5) is 9.56. The van der Waals surface area contributed by atoms with Crippen molar-refractivity contribution in [3.63, 3.8) is 0 Å². The second-order valence-electron chi connectivity index (χ2n) is 19.5. The Morgan fingerprint density at radius 2 is 1.22 bits per heavy atom. The van der Waals surface area contributed by atoms with Gasteiger partial charge in [0.15, 0.2) is 0 Å². The van der Waals surface area contributed by atoms with Gasteiger partial charge in [0.2, 0.25) is 0 Å². The number of aromatic nitrogens is 2. The van der Waals surface area contributed by atoms with Crippen LogP contribution in [-0.2, 0) is 26.5 Å². The van der Waals surface area contributed by atoms with E-state index in [9.17, 15) is 4.39 Å². The Hall–Kier alpha value is -8.25. The number of hydrogen-bond donors (Lipinski definition) is 0. The molecule has 0 N–H and O–H groups in total. The maximum atomic E-state index is 13.9. The van der Waals surface area contributed by atoms with Gasteiger partial charge in [-0.25, -0.2) is 9.37 Å². The van der Waals surface area contributed by atoms with E-state index in [1.807, 2.05) is 42.6 Å². The van der Waals surface area contributed by atoms with E-state index in [2.05, 4.69) is 194 Å². The number of rotatable bonds is 8. The molecule has 0 fully saturated rings. The van der Waals surface area contributed by atoms with Crippen LogP contribution in [0.4, 0.5) is 27.1 Å². The quantitative estimate of drug-likeness (QED) is 0.142. The van der Waals surface area contributed by atoms with Gasteiger partial charge < -0.3 is 23.5 Å². The summed E-state index contributed by atoms with van der Waals surface area (Å²) in [5.74, 6) is 1.49. The summed E-state index contributed by atoms with van der Waals surface area (Å²) in [5, 5.41) is 4.00. The minimum Gasteiger partial charge on any atom is -0.509 e. The summed E-state index contributed by atoms with van der Waals surface area (Å²) >= 11 is 0. The zero-order valence-corrected chi connectivity index (χ0v) is 42.7. The van der Waals surface area contributed by atoms with Crippen LogP contribution in [0.3, 0.4) is 0 Å². The molecule has 6 nitrogen and oxygen atoms in total. The second kappa shape index (κ2) is 18.1. The van der Waals surface area contributed by atoms with Crippen molar-refractivity contribution in [2.24, 2.45) is 0 Å². The van der Waals surface area contributed by atoms with Crippen LogP contribution in [0.2, 0.25) is 0 Å². The van der Waals surface area contributed by atoms with Gasteiger partial charge in [0.25, 0.3) is 0 Å². The summed E-state index contributed by atoms with van der Waals surface area (Å²) in [7, 11) is 0. The molecular weight excluding hydrogens is 1080 g/mol. The molecule has 0 amide bonds. The SMILES string of the molecule is Cc1cc(-n2c3[c-]c(Oc4[c-]c(N5[CH-]N(c6c(-c7ccccc7)cc(C(C)(C)C)cc6-c6ccccc6)c6ccccc65)ccc4)ccc3c3c4oc5ccccc5c4ccc32)ncc1-c1ccc(F)cc1.[Pt]. The maximum Gasteiger partial charge on any atom is 0.135 e. The van der Waals surface area contributed by atoms with Crippen molar-refractivity contribution in [1.29, 1.82) is 0 Å². The van der Waals surface area contributed by atoms with Crippen LogP contribution < -0.4 is 14.5 Å². The smallest absolute Gasteiger partial charge is 0.135 e. The molecule has 0 saturated heterocycles. The number of furan rings is 1. The molecule has 1 aliphatic rings. The molecule has 13 rings (SSSR count). The second-order valence-corrected chi connectivity index (χ2v) is 19.5. The summed E-state index contributed by atoms with van der Waals surface area (Å²) in [5.41, 5.74) is 15.9. The van der Waals surface area contributed by atoms with Gasteiger partial charge in [0.1, 0.15) is 22.8 Å². The number of ether oxygens (including phenoxy) is 1. The molecule has 3 aromatic heterocycles. The molecule has 0 saturated carbocycles. The first kappa shape index (κ1) is 45.9. The number of anilines is 4. The molecule has 8 heteroatoms. The van der Waals surface area contributed by atoms with E-state index in [1.165, 1.54) is 17.7 Å². The number of halogens is 1. The normalized spacial score (nSPS) is 12.5. The molecule has 73 heavy (non-hydrogen) atoms. The van der Waals surface area contributed by atoms with Crippen molar-refractivity contribution in [2.75, 3.05) is 9.80 Å². The van der Waals surface area contributed by atoms with Crippen LogP contribution in [0.5, 0.6) is 11.5 Å². The van der Waals surface area contributed by atoms with Crippen LogP contribution in [0.25, 0.3) is 82.9 Å². The topological polar surface area (TPSA) is 46.7 Å². The Bertz CT molecular complexity index is 4010. The van der Waals surface area contributed by atoms with E-state index in [1.54, 1.807) is 12.1 Å². The molecular formula is C65H46FN4O2Pt-3. The van der Waals surface area contributed by atoms with Crippen molar-refractivity contribution >= 4 is 66.5 Å². The van der Waals surface area contributed by atoms with Crippen molar-refractivity contribution in [2.45, 2.75) is 33.1 Å². The van der Waals surface area contributed by atoms with Gasteiger partial charge >= 0.3 is 0 Å². The fourth-order valence-electron chi connectivity index (χ4n) is 10.3. The average molecular weight is 1130 g/mol. The average Bonchev–Trinajstić information content (AvgIpc) is 4.09. The molecule has 0 bridgehead atoms. The van der Waals surface area contributed by atoms with Gasteiger partial charge in [-0.05, 0) is 106 Å². The molecule has 0 radical (unpaired) electrons. The minimum atomic E-state index is -0.277. The molecule has 12 aromatic rings. The number of fused-ring (bicyclic) bond motifs is 8. The van der Waals surface area contributed by atoms with Gasteiger partial charge in [-0.1, -0.05) is 135 Å². The summed E-state index contributed by atoms with van der Waals surface area (Å²) in [6, 6.07) is 72.9. The summed E-state index contributed by atoms with van der Waals surface area (Å²) in [6.07, 6.45) is 1.86. The van der Waals surface area contributed by atoms with Crippen LogP contribution >= 0.6 is 0 Å². The number of nitrogens with zero attached hydrogens (tertiary/aromatic N) is 4. The van der Waals surface area contributed by atoms with Crippen LogP contribution in [0.15, 0.2) is 205 Å². The van der Waals surface area contributed by atoms with Gasteiger partial charge in [0.05, 0.1) is 0 Å². The summed E-state index contributed by atoms with van der Waals surface area (Å²) in [6.45, 7) is 11.1. The van der Waals surface area contributed by atoms with Crippen molar-refractivity contribution < 1.29 is 34.6 Å². The van der Waals surface area contributed by atoms with E-state index in [0.29, 0.717) is 17.3 Å². The van der Waals surface area contributed by atoms with E-state index in [0.717, 1.165) is 105 Å². The first-order valence-electron chi connectivity index (χ1n) is 24.2. The molecule has 4 heterocycles. The molecule has 1 aliphatic heterocycles. The zero-order chi connectivity index (χ0) is 48.7. The molecule has 9 aromatic carbocycles. The van der Waals surface area contributed by atoms with Gasteiger partial charge in [-0.3, -0.25) is 0 Å². The summed E-state index contributed by atoms with van der Waals surface area (Å²) < 4.78 is 29.4. The van der Waals surface area contributed by atoms with Crippen molar-refractivity contribution in [1.82, 2.24) is 9.55 Å². The third-order valence-electron chi connectivity index (χ3n) is 13.9. The van der Waals surface area contributed by atoms with E-state index < -0.39 is 0 Å². The molecule has 0 aliphatic carbocycles. The monoisotopic (exact) mass is 1130 g/mol. The first-order chi connectivity index (χ1) is 35.1. The van der Waals surface area contributed by atoms with Gasteiger partial charge in [-0.2, -0.15) is 12.1 Å². The minimum absolute atomic E-state index is 0. The number of benzene rings is 9. The first-order valence-corrected chi connectivity index (χ1v) is 24.2. The standard InChI is InChI=1S/C65H46FN4O2.Pt/c1-41-34-61(67-39-55(41)44-26-28-46(66)29-27-44)70-58-33-32-51-50-22-11-14-25-60(50)72-64(51)62(58)52-31-30-49(38-59(52)70)71-48-21-15-20-47(37-48)68-40-69(57-24-13-12-23-56(57)68)63-53(42-16-7-5-8-17-42)35-45(65(2,3)4)36-54(63)43-18-9-6-10-19-43;/h5-36,39-40H,1-4H3;/q-3;. The molecule has 0 spiro atoms. The van der Waals surface area contributed by atoms with E-state index in [4.69, 9.17) is 14.1 Å². The number of pyridine rings is 1. The van der Waals surface area contributed by atoms with Crippen molar-refractivity contribution in [3.8, 4) is 50.7 Å². The number of aryl methyl sites for hydroxylation is 1. The Morgan fingerprint density at radius 1 is 0.589 bits per heavy atom. The van der Waals surface area contributed by atoms with E-state index in [-0.39, 0.29) is 32.3 Å². The Kier molecular flexibility index (Phi) is 11.4. The molecule has 0 atom stereocenters. The fraction of sp³-hybridized carbons (Fsp3) is 0.0769. The Labute approximate surface area is 437 Å². The predicted molar refractivity (Wildman–Crippen MR) is 291 cm³/mol. The maximum absolute atomic E-state index is 13.9. The molecule has 0 unspecified atom stereocenters. The van der Waals surface area contributed by atoms with Gasteiger partial charge in [-0.15, -0.1) is 42.7 Å². The van der Waals surface area contributed by atoms with Crippen LogP contribution in [-0.4, -0.2) is 9.55 Å². The van der Waals surface area contributed by atoms with Crippen LogP contribution in [0.1, 0.15) is 31.9 Å². The third-order valence-corrected chi connectivity index (χ3v) is 13.9. The predicted octanol–water partition coefficient (Wildman–Crippen LogP) is 17.6. The Morgan fingerprint density at radius 3 is 1.92 bits per heavy atom. The van der Waals surface area contributed by atoms with Crippen molar-refractivity contribution in [3.05, 3.63) is 236 Å². The van der Waals surface area contributed by atoms with Gasteiger partial charge in [0, 0.05) is 88.8 Å². The van der Waals surface area contributed by atoms with Crippen LogP contribution in [0, 0.1) is 31.5 Å². The Balaban J connectivity index is 0.00000543. The zero-order valence-electron chi connectivity index (χ0n) is 40.4.